The highest BCUT2D eigenvalue weighted by Crippen LogP contribution is 2.45. The van der Waals surface area contributed by atoms with Gasteiger partial charge in [0, 0.05) is 25.7 Å². The van der Waals surface area contributed by atoms with E-state index in [4.69, 9.17) is 37.0 Å². The monoisotopic (exact) mass is 1650 g/mol. The zero-order valence-electron chi connectivity index (χ0n) is 74.4. The standard InChI is InChI=1S/C94H184O17P2/c1-5-9-13-17-21-25-29-33-36-39-42-45-48-51-55-59-63-67-71-75-79-92(97)105-85-90(111-94(99)81-77-73-69-65-61-57-53-50-47-44-41-38-35-31-27-23-19-15-11-7-3)87-109-113(102,103)107-83-88(95)82-106-112(100,101)108-86-89(84-104-91(96)78-74-70-66-62-58-54-32-28-24-20-16-12-8-4)110-93(98)80-76-72-68-64-60-56-52-49-46-43-40-37-34-30-26-22-18-14-10-6-2/h88-90,95H,5-87H2,1-4H3,(H,100,101)(H,102,103)/t88-,89+,90+/m0/s1. The van der Waals surface area contributed by atoms with Crippen molar-refractivity contribution in [1.29, 1.82) is 0 Å². The summed E-state index contributed by atoms with van der Waals surface area (Å²) in [6, 6.07) is 0. The van der Waals surface area contributed by atoms with Crippen molar-refractivity contribution in [3.63, 3.8) is 0 Å². The molecule has 19 heteroatoms. The van der Waals surface area contributed by atoms with Gasteiger partial charge in [0.15, 0.2) is 12.2 Å². The summed E-state index contributed by atoms with van der Waals surface area (Å²) in [7, 11) is -9.94. The van der Waals surface area contributed by atoms with E-state index in [1.54, 1.807) is 0 Å². The molecule has 0 aromatic carbocycles. The second kappa shape index (κ2) is 87.9. The van der Waals surface area contributed by atoms with E-state index in [2.05, 4.69) is 27.7 Å². The zero-order valence-corrected chi connectivity index (χ0v) is 76.2. The summed E-state index contributed by atoms with van der Waals surface area (Å²) in [5, 5.41) is 10.7. The van der Waals surface area contributed by atoms with Crippen LogP contribution in [0.25, 0.3) is 0 Å². The van der Waals surface area contributed by atoms with Crippen molar-refractivity contribution in [2.75, 3.05) is 39.6 Å². The summed E-state index contributed by atoms with van der Waals surface area (Å²) >= 11 is 0. The summed E-state index contributed by atoms with van der Waals surface area (Å²) in [5.41, 5.74) is 0. The van der Waals surface area contributed by atoms with Crippen LogP contribution in [0.4, 0.5) is 0 Å². The number of aliphatic hydroxyl groups is 1. The molecule has 0 rings (SSSR count). The van der Waals surface area contributed by atoms with E-state index < -0.39 is 97.5 Å². The Morgan fingerprint density at radius 3 is 0.522 bits per heavy atom. The third kappa shape index (κ3) is 87.7. The second-order valence-corrected chi connectivity index (χ2v) is 36.7. The lowest BCUT2D eigenvalue weighted by Gasteiger charge is -2.21. The molecule has 0 spiro atoms. The van der Waals surface area contributed by atoms with E-state index in [0.29, 0.717) is 25.7 Å². The third-order valence-electron chi connectivity index (χ3n) is 22.4. The predicted molar refractivity (Wildman–Crippen MR) is 469 cm³/mol. The molecule has 0 radical (unpaired) electrons. The molecule has 0 amide bonds. The van der Waals surface area contributed by atoms with Gasteiger partial charge < -0.3 is 33.8 Å². The molecule has 0 saturated heterocycles. The Labute approximate surface area is 696 Å². The number of hydrogen-bond donors (Lipinski definition) is 3. The molecule has 0 aromatic rings. The van der Waals surface area contributed by atoms with Crippen LogP contribution in [0.3, 0.4) is 0 Å². The van der Waals surface area contributed by atoms with Crippen LogP contribution in [0.2, 0.25) is 0 Å². The highest BCUT2D eigenvalue weighted by molar-refractivity contribution is 7.47. The maximum Gasteiger partial charge on any atom is 0.472 e. The highest BCUT2D eigenvalue weighted by atomic mass is 31.2. The fraction of sp³-hybridized carbons (Fsp3) is 0.957. The minimum Gasteiger partial charge on any atom is -0.462 e. The Balaban J connectivity index is 5.25. The average Bonchev–Trinajstić information content (AvgIpc) is 0.898. The lowest BCUT2D eigenvalue weighted by Crippen LogP contribution is -2.30. The topological polar surface area (TPSA) is 237 Å². The number of esters is 4. The van der Waals surface area contributed by atoms with E-state index in [0.717, 1.165) is 89.9 Å². The predicted octanol–water partition coefficient (Wildman–Crippen LogP) is 29.6. The number of phosphoric acid groups is 2. The van der Waals surface area contributed by atoms with Crippen molar-refractivity contribution in [3.8, 4) is 0 Å². The minimum atomic E-state index is -4.97. The number of unbranched alkanes of at least 4 members (excludes halogenated alkanes) is 69. The molecular formula is C94H184O17P2. The minimum absolute atomic E-state index is 0.110. The van der Waals surface area contributed by atoms with Crippen molar-refractivity contribution in [2.45, 2.75) is 540 Å². The van der Waals surface area contributed by atoms with Crippen molar-refractivity contribution < 1.29 is 80.2 Å². The number of rotatable bonds is 95. The van der Waals surface area contributed by atoms with Crippen LogP contribution in [0, 0.1) is 0 Å². The summed E-state index contributed by atoms with van der Waals surface area (Å²) in [4.78, 5) is 73.6. The van der Waals surface area contributed by atoms with Gasteiger partial charge in [0.1, 0.15) is 19.3 Å². The number of phosphoric ester groups is 2. The van der Waals surface area contributed by atoms with Crippen molar-refractivity contribution in [3.05, 3.63) is 0 Å². The lowest BCUT2D eigenvalue weighted by atomic mass is 10.0. The first-order valence-electron chi connectivity index (χ1n) is 48.8. The molecule has 17 nitrogen and oxygen atoms in total. The SMILES string of the molecule is CCCCCCCCCCCCCCCCCCCCCCC(=O)OC[C@H](COP(=O)(O)OC[C@@H](O)COP(=O)(O)OC[C@@H](COC(=O)CCCCCCCCCCCCCCC)OC(=O)CCCCCCCCCCCCCCCCCCCCCC)OC(=O)CCCCCCCCCCCCCCCCCCCCCC. The fourth-order valence-electron chi connectivity index (χ4n) is 14.9. The van der Waals surface area contributed by atoms with Crippen molar-refractivity contribution in [2.24, 2.45) is 0 Å². The number of carbonyl (C=O) groups is 4. The van der Waals surface area contributed by atoms with Gasteiger partial charge in [-0.15, -0.1) is 0 Å². The quantitative estimate of drug-likeness (QED) is 0.0222. The summed E-state index contributed by atoms with van der Waals surface area (Å²) in [5.74, 6) is -2.09. The van der Waals surface area contributed by atoms with Gasteiger partial charge in [-0.05, 0) is 25.7 Å². The number of aliphatic hydroxyl groups excluding tert-OH is 1. The van der Waals surface area contributed by atoms with Crippen LogP contribution in [0.5, 0.6) is 0 Å². The average molecular weight is 1650 g/mol. The van der Waals surface area contributed by atoms with Crippen LogP contribution in [-0.2, 0) is 65.4 Å². The Kier molecular flexibility index (Phi) is 86.4. The summed E-state index contributed by atoms with van der Waals surface area (Å²) in [6.07, 6.45) is 86.2. The molecule has 0 fully saturated rings. The van der Waals surface area contributed by atoms with Gasteiger partial charge >= 0.3 is 39.5 Å². The Morgan fingerprint density at radius 1 is 0.212 bits per heavy atom. The second-order valence-electron chi connectivity index (χ2n) is 33.8. The van der Waals surface area contributed by atoms with Crippen LogP contribution in [0.15, 0.2) is 0 Å². The molecule has 0 bridgehead atoms. The molecule has 0 saturated carbocycles. The van der Waals surface area contributed by atoms with E-state index in [-0.39, 0.29) is 25.7 Å². The van der Waals surface area contributed by atoms with E-state index in [1.807, 2.05) is 0 Å². The Bertz CT molecular complexity index is 2120. The highest BCUT2D eigenvalue weighted by Gasteiger charge is 2.31. The third-order valence-corrected chi connectivity index (χ3v) is 24.3. The Hall–Kier alpha value is -1.94. The van der Waals surface area contributed by atoms with E-state index in [9.17, 15) is 43.2 Å². The van der Waals surface area contributed by atoms with E-state index in [1.165, 1.54) is 353 Å². The largest absolute Gasteiger partial charge is 0.472 e. The molecule has 3 N–H and O–H groups in total. The molecule has 672 valence electrons. The zero-order chi connectivity index (χ0) is 82.4. The van der Waals surface area contributed by atoms with Gasteiger partial charge in [0.2, 0.25) is 0 Å². The lowest BCUT2D eigenvalue weighted by molar-refractivity contribution is -0.161. The maximum absolute atomic E-state index is 13.2. The summed E-state index contributed by atoms with van der Waals surface area (Å²) < 4.78 is 69.2. The maximum atomic E-state index is 13.2. The van der Waals surface area contributed by atoms with Crippen LogP contribution in [-0.4, -0.2) is 96.7 Å². The first-order chi connectivity index (χ1) is 55.2. The molecule has 0 aliphatic rings. The molecule has 0 aliphatic carbocycles. The van der Waals surface area contributed by atoms with Crippen molar-refractivity contribution >= 4 is 39.5 Å². The van der Waals surface area contributed by atoms with Gasteiger partial charge in [-0.2, -0.15) is 0 Å². The van der Waals surface area contributed by atoms with Gasteiger partial charge in [-0.1, -0.05) is 471 Å². The van der Waals surface area contributed by atoms with Gasteiger partial charge in [-0.3, -0.25) is 37.3 Å². The van der Waals surface area contributed by atoms with E-state index >= 15 is 0 Å². The molecule has 0 aliphatic heterocycles. The molecule has 113 heavy (non-hydrogen) atoms. The van der Waals surface area contributed by atoms with Crippen LogP contribution >= 0.6 is 15.6 Å². The normalized spacial score (nSPS) is 13.6. The first kappa shape index (κ1) is 111. The Morgan fingerprint density at radius 2 is 0.354 bits per heavy atom. The molecule has 2 unspecified atom stereocenters. The van der Waals surface area contributed by atoms with Crippen LogP contribution < -0.4 is 0 Å². The number of hydrogen-bond acceptors (Lipinski definition) is 15. The van der Waals surface area contributed by atoms with Crippen molar-refractivity contribution in [1.82, 2.24) is 0 Å². The summed E-state index contributed by atoms with van der Waals surface area (Å²) in [6.45, 7) is 5.11. The number of carbonyl (C=O) groups excluding carboxylic acids is 4. The van der Waals surface area contributed by atoms with Gasteiger partial charge in [0.05, 0.1) is 26.4 Å². The molecular weight excluding hydrogens is 1460 g/mol. The van der Waals surface area contributed by atoms with Crippen LogP contribution in [0.1, 0.15) is 522 Å². The van der Waals surface area contributed by atoms with Gasteiger partial charge in [0.25, 0.3) is 0 Å². The molecule has 5 atom stereocenters. The van der Waals surface area contributed by atoms with Gasteiger partial charge in [-0.25, -0.2) is 9.13 Å². The smallest absolute Gasteiger partial charge is 0.462 e. The first-order valence-corrected chi connectivity index (χ1v) is 51.8. The fourth-order valence-corrected chi connectivity index (χ4v) is 16.5. The molecule has 0 aromatic heterocycles. The molecule has 0 heterocycles. The number of ether oxygens (including phenoxy) is 4.